The number of halogens is 3. The third kappa shape index (κ3) is 4.95. The number of hydrogen-bond donors (Lipinski definition) is 1. The fourth-order valence-electron chi connectivity index (χ4n) is 5.69. The quantitative estimate of drug-likeness (QED) is 0.462. The van der Waals surface area contributed by atoms with Gasteiger partial charge in [0.25, 0.3) is 0 Å². The molecule has 1 aliphatic carbocycles. The molecule has 1 N–H and O–H groups in total. The van der Waals surface area contributed by atoms with Gasteiger partial charge in [-0.2, -0.15) is 13.2 Å². The Balaban J connectivity index is 1.06. The number of likely N-dealkylation sites (tertiary alicyclic amines) is 1. The minimum absolute atomic E-state index is 0.278. The van der Waals surface area contributed by atoms with Crippen molar-refractivity contribution in [3.8, 4) is 0 Å². The molecule has 5 rings (SSSR count). The molecule has 3 aliphatic rings. The number of aromatic nitrogens is 3. The topological polar surface area (TPSA) is 46.0 Å². The molecule has 3 fully saturated rings. The summed E-state index contributed by atoms with van der Waals surface area (Å²) >= 11 is 1.79. The van der Waals surface area contributed by atoms with E-state index in [2.05, 4.69) is 32.0 Å². The van der Waals surface area contributed by atoms with Gasteiger partial charge in [0.2, 0.25) is 0 Å². The van der Waals surface area contributed by atoms with Crippen LogP contribution in [-0.4, -0.2) is 58.1 Å². The van der Waals surface area contributed by atoms with E-state index in [0.717, 1.165) is 87.1 Å². The number of benzene rings is 1. The molecule has 2 aromatic rings. The van der Waals surface area contributed by atoms with E-state index >= 15 is 0 Å². The molecule has 5 nitrogen and oxygen atoms in total. The summed E-state index contributed by atoms with van der Waals surface area (Å²) in [5.74, 6) is 3.05. The lowest BCUT2D eigenvalue weighted by molar-refractivity contribution is -0.137. The molecule has 33 heavy (non-hydrogen) atoms. The molecule has 1 spiro atoms. The SMILES string of the molecule is Cn1c(SCCCN2CCC3(C[C@@H]3c3ccc(C(F)(F)F)cc3)C2)nnc1C1CCNCC1. The fraction of sp³-hybridized carbons (Fsp3) is 0.667. The average Bonchev–Trinajstić information content (AvgIpc) is 3.15. The number of nitrogens with zero attached hydrogens (tertiary/aromatic N) is 4. The van der Waals surface area contributed by atoms with Crippen LogP contribution in [0.1, 0.15) is 60.9 Å². The van der Waals surface area contributed by atoms with Gasteiger partial charge in [0.1, 0.15) is 5.82 Å². The first kappa shape index (κ1) is 23.2. The highest BCUT2D eigenvalue weighted by Crippen LogP contribution is 2.64. The summed E-state index contributed by atoms with van der Waals surface area (Å²) in [6.07, 6.45) is 1.33. The molecule has 1 aromatic heterocycles. The summed E-state index contributed by atoms with van der Waals surface area (Å²) in [5, 5.41) is 13.3. The molecule has 1 aromatic carbocycles. The number of alkyl halides is 3. The Bertz CT molecular complexity index is 954. The lowest BCUT2D eigenvalue weighted by Crippen LogP contribution is -2.27. The van der Waals surface area contributed by atoms with Gasteiger partial charge in [0, 0.05) is 25.3 Å². The number of hydrogen-bond acceptors (Lipinski definition) is 5. The van der Waals surface area contributed by atoms with Crippen molar-refractivity contribution in [3.05, 3.63) is 41.2 Å². The van der Waals surface area contributed by atoms with Gasteiger partial charge in [-0.25, -0.2) is 0 Å². The Morgan fingerprint density at radius 2 is 1.91 bits per heavy atom. The minimum atomic E-state index is -4.26. The van der Waals surface area contributed by atoms with Crippen LogP contribution in [0.25, 0.3) is 0 Å². The monoisotopic (exact) mass is 479 g/mol. The summed E-state index contributed by atoms with van der Waals surface area (Å²) in [6, 6.07) is 5.82. The van der Waals surface area contributed by atoms with Crippen LogP contribution in [0.2, 0.25) is 0 Å². The van der Waals surface area contributed by atoms with E-state index in [1.165, 1.54) is 12.1 Å². The minimum Gasteiger partial charge on any atom is -0.317 e. The zero-order valence-electron chi connectivity index (χ0n) is 19.1. The number of thioether (sulfide) groups is 1. The fourth-order valence-corrected chi connectivity index (χ4v) is 6.53. The highest BCUT2D eigenvalue weighted by Gasteiger charge is 2.57. The van der Waals surface area contributed by atoms with Crippen molar-refractivity contribution >= 4 is 11.8 Å². The van der Waals surface area contributed by atoms with Crippen LogP contribution >= 0.6 is 11.8 Å². The van der Waals surface area contributed by atoms with Crippen molar-refractivity contribution in [1.29, 1.82) is 0 Å². The van der Waals surface area contributed by atoms with Gasteiger partial charge < -0.3 is 14.8 Å². The molecule has 180 valence electrons. The maximum atomic E-state index is 12.8. The molecular weight excluding hydrogens is 447 g/mol. The zero-order valence-corrected chi connectivity index (χ0v) is 19.9. The Kier molecular flexibility index (Phi) is 6.48. The third-order valence-corrected chi connectivity index (χ3v) is 8.82. The van der Waals surface area contributed by atoms with Crippen LogP contribution in [0.5, 0.6) is 0 Å². The maximum Gasteiger partial charge on any atom is 0.416 e. The van der Waals surface area contributed by atoms with Crippen molar-refractivity contribution in [1.82, 2.24) is 25.0 Å². The molecule has 2 atom stereocenters. The Hall–Kier alpha value is -1.58. The number of rotatable bonds is 7. The van der Waals surface area contributed by atoms with Crippen molar-refractivity contribution in [2.24, 2.45) is 12.5 Å². The van der Waals surface area contributed by atoms with Crippen molar-refractivity contribution < 1.29 is 13.2 Å². The van der Waals surface area contributed by atoms with Crippen molar-refractivity contribution in [3.63, 3.8) is 0 Å². The van der Waals surface area contributed by atoms with Gasteiger partial charge in [-0.15, -0.1) is 10.2 Å². The third-order valence-electron chi connectivity index (χ3n) is 7.72. The first-order valence-electron chi connectivity index (χ1n) is 12.0. The summed E-state index contributed by atoms with van der Waals surface area (Å²) in [6.45, 7) is 5.32. The van der Waals surface area contributed by atoms with E-state index in [9.17, 15) is 13.2 Å². The standard InChI is InChI=1S/C24H32F3N5S/c1-31-21(18-7-10-28-11-8-18)29-30-22(31)33-14-2-12-32-13-9-23(16-32)15-20(23)17-3-5-19(6-4-17)24(25,26)27/h3-6,18,20,28H,2,7-16H2,1H3/t20-,23?/m1/s1. The molecule has 0 radical (unpaired) electrons. The van der Waals surface area contributed by atoms with Crippen LogP contribution in [0.3, 0.4) is 0 Å². The summed E-state index contributed by atoms with van der Waals surface area (Å²) < 4.78 is 40.7. The molecule has 2 aliphatic heterocycles. The molecule has 0 amide bonds. The molecular formula is C24H32F3N5S. The molecule has 3 heterocycles. The van der Waals surface area contributed by atoms with Gasteiger partial charge in [-0.1, -0.05) is 23.9 Å². The van der Waals surface area contributed by atoms with E-state index in [-0.39, 0.29) is 5.41 Å². The van der Waals surface area contributed by atoms with E-state index < -0.39 is 11.7 Å². The Morgan fingerprint density at radius 1 is 1.15 bits per heavy atom. The first-order chi connectivity index (χ1) is 15.9. The van der Waals surface area contributed by atoms with E-state index in [1.54, 1.807) is 23.9 Å². The van der Waals surface area contributed by atoms with Crippen LogP contribution in [-0.2, 0) is 13.2 Å². The summed E-state index contributed by atoms with van der Waals surface area (Å²) in [4.78, 5) is 2.53. The number of nitrogens with one attached hydrogen (secondary N) is 1. The second kappa shape index (κ2) is 9.23. The van der Waals surface area contributed by atoms with Gasteiger partial charge >= 0.3 is 6.18 Å². The molecule has 1 saturated carbocycles. The Labute approximate surface area is 197 Å². The largest absolute Gasteiger partial charge is 0.416 e. The van der Waals surface area contributed by atoms with E-state index in [1.807, 2.05) is 0 Å². The van der Waals surface area contributed by atoms with Crippen LogP contribution < -0.4 is 5.32 Å². The lowest BCUT2D eigenvalue weighted by Gasteiger charge is -2.21. The smallest absolute Gasteiger partial charge is 0.317 e. The molecule has 2 saturated heterocycles. The van der Waals surface area contributed by atoms with Crippen LogP contribution in [0, 0.1) is 5.41 Å². The maximum absolute atomic E-state index is 12.8. The number of piperidine rings is 1. The second-order valence-electron chi connectivity index (χ2n) is 9.89. The molecule has 0 bridgehead atoms. The Morgan fingerprint density at radius 3 is 2.64 bits per heavy atom. The zero-order chi connectivity index (χ0) is 23.1. The second-order valence-corrected chi connectivity index (χ2v) is 11.0. The van der Waals surface area contributed by atoms with Gasteiger partial charge in [0.05, 0.1) is 5.56 Å². The van der Waals surface area contributed by atoms with Crippen molar-refractivity contribution in [2.75, 3.05) is 38.5 Å². The molecule has 9 heteroatoms. The summed E-state index contributed by atoms with van der Waals surface area (Å²) in [5.41, 5.74) is 0.782. The summed E-state index contributed by atoms with van der Waals surface area (Å²) in [7, 11) is 2.08. The van der Waals surface area contributed by atoms with Gasteiger partial charge in [0.15, 0.2) is 5.16 Å². The first-order valence-corrected chi connectivity index (χ1v) is 13.0. The van der Waals surface area contributed by atoms with Crippen LogP contribution in [0.15, 0.2) is 29.4 Å². The van der Waals surface area contributed by atoms with Crippen molar-refractivity contribution in [2.45, 2.75) is 55.3 Å². The predicted molar refractivity (Wildman–Crippen MR) is 123 cm³/mol. The van der Waals surface area contributed by atoms with E-state index in [0.29, 0.717) is 11.8 Å². The van der Waals surface area contributed by atoms with Gasteiger partial charge in [-0.05, 0) is 87.3 Å². The highest BCUT2D eigenvalue weighted by atomic mass is 32.2. The normalized spacial score (nSPS) is 26.4. The highest BCUT2D eigenvalue weighted by molar-refractivity contribution is 7.99. The van der Waals surface area contributed by atoms with Crippen LogP contribution in [0.4, 0.5) is 13.2 Å². The predicted octanol–water partition coefficient (Wildman–Crippen LogP) is 4.66. The lowest BCUT2D eigenvalue weighted by atomic mass is 9.97. The molecule has 1 unspecified atom stereocenters. The average molecular weight is 480 g/mol. The van der Waals surface area contributed by atoms with Gasteiger partial charge in [-0.3, -0.25) is 0 Å². The van der Waals surface area contributed by atoms with E-state index in [4.69, 9.17) is 0 Å².